The van der Waals surface area contributed by atoms with Crippen LogP contribution in [0.5, 0.6) is 0 Å². The number of halogens is 1. The summed E-state index contributed by atoms with van der Waals surface area (Å²) in [6.45, 7) is 3.91. The molecule has 136 valence electrons. The summed E-state index contributed by atoms with van der Waals surface area (Å²) < 4.78 is 0. The van der Waals surface area contributed by atoms with Crippen molar-refractivity contribution in [3.63, 3.8) is 0 Å². The van der Waals surface area contributed by atoms with Crippen LogP contribution in [-0.4, -0.2) is 29.5 Å². The summed E-state index contributed by atoms with van der Waals surface area (Å²) in [5.41, 5.74) is 2.66. The van der Waals surface area contributed by atoms with Crippen LogP contribution >= 0.6 is 24.0 Å². The molecule has 3 rings (SSSR count). The van der Waals surface area contributed by atoms with Crippen LogP contribution in [0.15, 0.2) is 41.5 Å². The number of imidazole rings is 1. The molecule has 0 unspecified atom stereocenters. The van der Waals surface area contributed by atoms with Gasteiger partial charge in [0.05, 0.1) is 18.4 Å². The molecular formula is C19H28IN5. The minimum atomic E-state index is 0. The molecule has 0 saturated heterocycles. The van der Waals surface area contributed by atoms with Crippen molar-refractivity contribution in [3.8, 4) is 11.3 Å². The fraction of sp³-hybridized carbons (Fsp3) is 0.474. The second-order valence-corrected chi connectivity index (χ2v) is 6.60. The first-order chi connectivity index (χ1) is 11.7. The molecule has 1 aromatic heterocycles. The molecule has 0 radical (unpaired) electrons. The van der Waals surface area contributed by atoms with E-state index in [0.717, 1.165) is 29.6 Å². The van der Waals surface area contributed by atoms with Gasteiger partial charge in [0.25, 0.3) is 0 Å². The monoisotopic (exact) mass is 453 g/mol. The Labute approximate surface area is 167 Å². The molecule has 1 saturated carbocycles. The highest BCUT2D eigenvalue weighted by molar-refractivity contribution is 14.0. The zero-order chi connectivity index (χ0) is 16.8. The highest BCUT2D eigenvalue weighted by atomic mass is 127. The number of rotatable bonds is 6. The topological polar surface area (TPSA) is 65.1 Å². The number of aromatic amines is 1. The third-order valence-corrected chi connectivity index (χ3v) is 5.16. The van der Waals surface area contributed by atoms with Gasteiger partial charge in [0.1, 0.15) is 5.82 Å². The smallest absolute Gasteiger partial charge is 0.191 e. The van der Waals surface area contributed by atoms with Crippen molar-refractivity contribution >= 4 is 29.9 Å². The summed E-state index contributed by atoms with van der Waals surface area (Å²) >= 11 is 0. The number of aliphatic imine (C=N–C) groups is 1. The van der Waals surface area contributed by atoms with Crippen molar-refractivity contribution in [2.24, 2.45) is 10.4 Å². The molecule has 0 amide bonds. The summed E-state index contributed by atoms with van der Waals surface area (Å²) in [5.74, 6) is 1.75. The fourth-order valence-corrected chi connectivity index (χ4v) is 3.21. The zero-order valence-electron chi connectivity index (χ0n) is 15.0. The molecule has 3 N–H and O–H groups in total. The standard InChI is InChI=1S/C19H27N5.HI/c1-3-19(10-7-11-19)14-23-18(20-2)22-13-17-21-12-16(24-17)15-8-5-4-6-9-15;/h4-6,8-9,12H,3,7,10-11,13-14H2,1-2H3,(H,21,24)(H2,20,22,23);1H. The van der Waals surface area contributed by atoms with E-state index in [2.05, 4.69) is 44.7 Å². The van der Waals surface area contributed by atoms with Gasteiger partial charge in [-0.2, -0.15) is 0 Å². The molecule has 0 aliphatic heterocycles. The summed E-state index contributed by atoms with van der Waals surface area (Å²) in [5, 5.41) is 6.81. The first kappa shape index (κ1) is 19.8. The number of aromatic nitrogens is 2. The second kappa shape index (κ2) is 9.22. The number of benzene rings is 1. The maximum Gasteiger partial charge on any atom is 0.191 e. The van der Waals surface area contributed by atoms with E-state index in [-0.39, 0.29) is 24.0 Å². The molecule has 1 fully saturated rings. The van der Waals surface area contributed by atoms with E-state index in [1.165, 1.54) is 25.7 Å². The lowest BCUT2D eigenvalue weighted by Gasteiger charge is -2.41. The van der Waals surface area contributed by atoms with Crippen molar-refractivity contribution < 1.29 is 0 Å². The van der Waals surface area contributed by atoms with Crippen molar-refractivity contribution in [3.05, 3.63) is 42.4 Å². The molecule has 25 heavy (non-hydrogen) atoms. The van der Waals surface area contributed by atoms with Crippen molar-refractivity contribution in [1.29, 1.82) is 0 Å². The Kier molecular flexibility index (Phi) is 7.28. The summed E-state index contributed by atoms with van der Waals surface area (Å²) in [6, 6.07) is 10.2. The van der Waals surface area contributed by atoms with Crippen LogP contribution in [0, 0.1) is 5.41 Å². The molecule has 1 aromatic carbocycles. The molecule has 2 aromatic rings. The Hall–Kier alpha value is -1.57. The molecule has 0 spiro atoms. The third kappa shape index (κ3) is 4.96. The average Bonchev–Trinajstić information content (AvgIpc) is 3.06. The number of guanidine groups is 1. The highest BCUT2D eigenvalue weighted by Crippen LogP contribution is 2.42. The minimum absolute atomic E-state index is 0. The van der Waals surface area contributed by atoms with Crippen LogP contribution in [0.25, 0.3) is 11.3 Å². The molecule has 6 heteroatoms. The van der Waals surface area contributed by atoms with E-state index in [9.17, 15) is 0 Å². The predicted octanol–water partition coefficient (Wildman–Crippen LogP) is 3.94. The molecular weight excluding hydrogens is 425 g/mol. The minimum Gasteiger partial charge on any atom is -0.356 e. The lowest BCUT2D eigenvalue weighted by atomic mass is 9.67. The van der Waals surface area contributed by atoms with Crippen LogP contribution < -0.4 is 10.6 Å². The maximum atomic E-state index is 4.45. The zero-order valence-corrected chi connectivity index (χ0v) is 17.3. The van der Waals surface area contributed by atoms with Gasteiger partial charge in [0.15, 0.2) is 5.96 Å². The SMILES string of the molecule is CCC1(CNC(=NC)NCc2ncc(-c3ccccc3)[nH]2)CCC1.I. The number of nitrogens with one attached hydrogen (secondary N) is 3. The molecule has 1 aliphatic carbocycles. The van der Waals surface area contributed by atoms with E-state index >= 15 is 0 Å². The summed E-state index contributed by atoms with van der Waals surface area (Å²) in [7, 11) is 1.81. The van der Waals surface area contributed by atoms with Gasteiger partial charge in [0, 0.05) is 13.6 Å². The van der Waals surface area contributed by atoms with Gasteiger partial charge in [-0.15, -0.1) is 24.0 Å². The van der Waals surface area contributed by atoms with E-state index in [4.69, 9.17) is 0 Å². The quantitative estimate of drug-likeness (QED) is 0.353. The van der Waals surface area contributed by atoms with Gasteiger partial charge < -0.3 is 15.6 Å². The average molecular weight is 453 g/mol. The Morgan fingerprint density at radius 1 is 1.24 bits per heavy atom. The van der Waals surface area contributed by atoms with Crippen LogP contribution in [0.2, 0.25) is 0 Å². The Morgan fingerprint density at radius 3 is 2.60 bits per heavy atom. The van der Waals surface area contributed by atoms with Crippen molar-refractivity contribution in [2.45, 2.75) is 39.2 Å². The predicted molar refractivity (Wildman–Crippen MR) is 114 cm³/mol. The Balaban J connectivity index is 0.00000225. The van der Waals surface area contributed by atoms with Crippen molar-refractivity contribution in [1.82, 2.24) is 20.6 Å². The summed E-state index contributed by atoms with van der Waals surface area (Å²) in [4.78, 5) is 12.1. The van der Waals surface area contributed by atoms with E-state index in [0.29, 0.717) is 12.0 Å². The fourth-order valence-electron chi connectivity index (χ4n) is 3.21. The lowest BCUT2D eigenvalue weighted by Crippen LogP contribution is -2.46. The van der Waals surface area contributed by atoms with Gasteiger partial charge in [-0.3, -0.25) is 4.99 Å². The van der Waals surface area contributed by atoms with Crippen LogP contribution in [0.1, 0.15) is 38.4 Å². The van der Waals surface area contributed by atoms with E-state index < -0.39 is 0 Å². The largest absolute Gasteiger partial charge is 0.356 e. The molecule has 1 heterocycles. The number of nitrogens with zero attached hydrogens (tertiary/aromatic N) is 2. The third-order valence-electron chi connectivity index (χ3n) is 5.16. The van der Waals surface area contributed by atoms with E-state index in [1.807, 2.05) is 31.4 Å². The number of H-pyrrole nitrogens is 1. The van der Waals surface area contributed by atoms with Crippen LogP contribution in [0.4, 0.5) is 0 Å². The van der Waals surface area contributed by atoms with Crippen molar-refractivity contribution in [2.75, 3.05) is 13.6 Å². The van der Waals surface area contributed by atoms with Gasteiger partial charge >= 0.3 is 0 Å². The highest BCUT2D eigenvalue weighted by Gasteiger charge is 2.34. The molecule has 0 bridgehead atoms. The normalized spacial score (nSPS) is 15.8. The lowest BCUT2D eigenvalue weighted by molar-refractivity contribution is 0.131. The van der Waals surface area contributed by atoms with Gasteiger partial charge in [-0.1, -0.05) is 43.7 Å². The first-order valence-corrected chi connectivity index (χ1v) is 8.78. The van der Waals surface area contributed by atoms with Crippen LogP contribution in [-0.2, 0) is 6.54 Å². The second-order valence-electron chi connectivity index (χ2n) is 6.60. The van der Waals surface area contributed by atoms with Gasteiger partial charge in [-0.25, -0.2) is 4.98 Å². The first-order valence-electron chi connectivity index (χ1n) is 8.78. The van der Waals surface area contributed by atoms with Gasteiger partial charge in [-0.05, 0) is 30.2 Å². The molecule has 0 atom stereocenters. The molecule has 1 aliphatic rings. The Morgan fingerprint density at radius 2 is 2.00 bits per heavy atom. The maximum absolute atomic E-state index is 4.45. The van der Waals surface area contributed by atoms with E-state index in [1.54, 1.807) is 0 Å². The van der Waals surface area contributed by atoms with Gasteiger partial charge in [0.2, 0.25) is 0 Å². The summed E-state index contributed by atoms with van der Waals surface area (Å²) in [6.07, 6.45) is 7.12. The number of hydrogen-bond acceptors (Lipinski definition) is 2. The molecule has 5 nitrogen and oxygen atoms in total. The van der Waals surface area contributed by atoms with Crippen LogP contribution in [0.3, 0.4) is 0 Å². The number of hydrogen-bond donors (Lipinski definition) is 3. The Bertz CT molecular complexity index is 671.